The highest BCUT2D eigenvalue weighted by atomic mass is 16.6. The van der Waals surface area contributed by atoms with Crippen LogP contribution >= 0.6 is 0 Å². The van der Waals surface area contributed by atoms with Gasteiger partial charge in [0.2, 0.25) is 0 Å². The molecule has 3 saturated carbocycles. The van der Waals surface area contributed by atoms with E-state index in [1.54, 1.807) is 6.07 Å². The van der Waals surface area contributed by atoms with Gasteiger partial charge in [-0.05, 0) is 49.7 Å². The molecule has 1 N–H and O–H groups in total. The molecule has 6 heteroatoms. The molecule has 2 aliphatic heterocycles. The van der Waals surface area contributed by atoms with Crippen LogP contribution in [0.3, 0.4) is 0 Å². The van der Waals surface area contributed by atoms with Gasteiger partial charge in [0.1, 0.15) is 11.6 Å². The van der Waals surface area contributed by atoms with Crippen LogP contribution in [0, 0.1) is 17.0 Å². The second-order valence-electron chi connectivity index (χ2n) is 11.9. The first-order valence-electron chi connectivity index (χ1n) is 13.2. The Morgan fingerprint density at radius 1 is 1.12 bits per heavy atom. The third-order valence-electron chi connectivity index (χ3n) is 10.1. The Hall–Kier alpha value is -1.63. The first kappa shape index (κ1) is 20.7. The Bertz CT molecular complexity index is 1000. The topological polar surface area (TPSA) is 78.8 Å². The summed E-state index contributed by atoms with van der Waals surface area (Å²) >= 11 is 0. The number of carbonyl (C=O) groups excluding carboxylic acids is 1. The van der Waals surface area contributed by atoms with Gasteiger partial charge in [0.15, 0.2) is 23.4 Å². The number of piperidine rings is 1. The van der Waals surface area contributed by atoms with E-state index in [0.717, 1.165) is 24.0 Å². The number of hydrogen-bond donors (Lipinski definition) is 1. The molecule has 1 aromatic rings. The molecule has 1 spiro atoms. The van der Waals surface area contributed by atoms with Crippen LogP contribution in [0.1, 0.15) is 75.3 Å². The minimum absolute atomic E-state index is 0.0992. The maximum Gasteiger partial charge on any atom is 0.174 e. The molecule has 4 aliphatic carbocycles. The Balaban J connectivity index is 1.38. The van der Waals surface area contributed by atoms with Gasteiger partial charge in [0.05, 0.1) is 25.1 Å². The predicted octanol–water partition coefficient (Wildman–Crippen LogP) is 4.14. The van der Waals surface area contributed by atoms with Crippen LogP contribution in [0.15, 0.2) is 12.1 Å². The summed E-state index contributed by atoms with van der Waals surface area (Å²) in [5.74, 6) is 1.75. The normalized spacial score (nSPS) is 41.5. The zero-order chi connectivity index (χ0) is 22.4. The van der Waals surface area contributed by atoms with E-state index < -0.39 is 17.1 Å². The van der Waals surface area contributed by atoms with Crippen LogP contribution < -0.4 is 4.74 Å². The summed E-state index contributed by atoms with van der Waals surface area (Å²) in [6.45, 7) is 1.86. The lowest BCUT2D eigenvalue weighted by molar-refractivity contribution is -0.924. The number of carbonyl (C=O) groups is 1. The van der Waals surface area contributed by atoms with E-state index in [-0.39, 0.29) is 22.2 Å². The fourth-order valence-electron chi connectivity index (χ4n) is 8.42. The lowest BCUT2D eigenvalue weighted by atomic mass is 9.48. The van der Waals surface area contributed by atoms with Crippen LogP contribution in [0.5, 0.6) is 11.5 Å². The van der Waals surface area contributed by atoms with E-state index in [9.17, 15) is 15.1 Å². The van der Waals surface area contributed by atoms with Gasteiger partial charge in [-0.2, -0.15) is 0 Å². The molecular weight excluding hydrogens is 418 g/mol. The molecule has 2 bridgehead atoms. The number of phenolic OH excluding ortho intramolecular Hbond substituents is 1. The number of phenols is 1. The van der Waals surface area contributed by atoms with E-state index in [1.807, 2.05) is 6.07 Å². The molecule has 6 nitrogen and oxygen atoms in total. The highest BCUT2D eigenvalue weighted by molar-refractivity contribution is 5.90. The SMILES string of the molecule is O=C1CCC2(OCC3CCCCC3)[C@H]3Cc4ccc(O)c5c4[C@@]2(CC[N+]3([O-])CC2CC2)C1O5. The van der Waals surface area contributed by atoms with Gasteiger partial charge in [0.25, 0.3) is 0 Å². The Morgan fingerprint density at radius 2 is 1.94 bits per heavy atom. The minimum atomic E-state index is -0.691. The summed E-state index contributed by atoms with van der Waals surface area (Å²) < 4.78 is 13.2. The number of benzene rings is 1. The van der Waals surface area contributed by atoms with Crippen LogP contribution in [-0.2, 0) is 21.4 Å². The van der Waals surface area contributed by atoms with E-state index in [2.05, 4.69) is 0 Å². The van der Waals surface area contributed by atoms with Gasteiger partial charge >= 0.3 is 0 Å². The largest absolute Gasteiger partial charge is 0.632 e. The first-order chi connectivity index (χ1) is 16.0. The fourth-order valence-corrected chi connectivity index (χ4v) is 8.42. The van der Waals surface area contributed by atoms with Crippen LogP contribution in [0.2, 0.25) is 0 Å². The summed E-state index contributed by atoms with van der Waals surface area (Å²) in [6, 6.07) is 3.43. The van der Waals surface area contributed by atoms with Crippen molar-refractivity contribution in [3.63, 3.8) is 0 Å². The van der Waals surface area contributed by atoms with E-state index in [0.29, 0.717) is 63.0 Å². The molecule has 2 heterocycles. The molecule has 6 aliphatic rings. The molecule has 1 aromatic carbocycles. The van der Waals surface area contributed by atoms with Crippen LogP contribution in [-0.4, -0.2) is 53.0 Å². The van der Waals surface area contributed by atoms with Crippen molar-refractivity contribution in [3.05, 3.63) is 28.5 Å². The molecular formula is C27H35NO5. The first-order valence-corrected chi connectivity index (χ1v) is 13.2. The number of hydroxylamine groups is 3. The van der Waals surface area contributed by atoms with E-state index in [1.165, 1.54) is 32.1 Å². The summed E-state index contributed by atoms with van der Waals surface area (Å²) in [5.41, 5.74) is 0.733. The number of rotatable bonds is 5. The smallest absolute Gasteiger partial charge is 0.174 e. The average Bonchev–Trinajstić information content (AvgIpc) is 3.55. The average molecular weight is 454 g/mol. The molecule has 7 rings (SSSR count). The Morgan fingerprint density at radius 3 is 2.73 bits per heavy atom. The molecule has 0 aromatic heterocycles. The molecule has 3 unspecified atom stereocenters. The van der Waals surface area contributed by atoms with Crippen molar-refractivity contribution >= 4 is 5.78 Å². The number of quaternary nitrogens is 1. The fraction of sp³-hybridized carbons (Fsp3) is 0.741. The number of likely N-dealkylation sites (tertiary alicyclic amines) is 1. The lowest BCUT2D eigenvalue weighted by Crippen LogP contribution is -2.81. The van der Waals surface area contributed by atoms with Gasteiger partial charge in [0, 0.05) is 30.7 Å². The van der Waals surface area contributed by atoms with Crippen molar-refractivity contribution < 1.29 is 24.0 Å². The van der Waals surface area contributed by atoms with Crippen molar-refractivity contribution in [2.75, 3.05) is 19.7 Å². The highest BCUT2D eigenvalue weighted by Gasteiger charge is 2.77. The molecule has 5 atom stereocenters. The summed E-state index contributed by atoms with van der Waals surface area (Å²) in [6.07, 6.45) is 10.1. The third-order valence-corrected chi connectivity index (χ3v) is 10.1. The molecule has 33 heavy (non-hydrogen) atoms. The lowest BCUT2D eigenvalue weighted by Gasteiger charge is -2.68. The van der Waals surface area contributed by atoms with Gasteiger partial charge in [-0.1, -0.05) is 25.3 Å². The van der Waals surface area contributed by atoms with Crippen molar-refractivity contribution in [1.29, 1.82) is 0 Å². The molecule has 0 radical (unpaired) electrons. The number of ketones is 1. The highest BCUT2D eigenvalue weighted by Crippen LogP contribution is 2.67. The summed E-state index contributed by atoms with van der Waals surface area (Å²) in [4.78, 5) is 13.3. The van der Waals surface area contributed by atoms with Crippen molar-refractivity contribution in [2.45, 2.75) is 93.8 Å². The van der Waals surface area contributed by atoms with Gasteiger partial charge < -0.3 is 24.4 Å². The molecule has 4 fully saturated rings. The number of ether oxygens (including phenoxy) is 2. The minimum Gasteiger partial charge on any atom is -0.632 e. The maximum absolute atomic E-state index is 14.6. The maximum atomic E-state index is 14.6. The molecule has 0 amide bonds. The number of hydrogen-bond acceptors (Lipinski definition) is 5. The zero-order valence-electron chi connectivity index (χ0n) is 19.4. The summed E-state index contributed by atoms with van der Waals surface area (Å²) in [5, 5.41) is 25.3. The number of Topliss-reactive ketones (excluding diaryl/α,β-unsaturated/α-hetero) is 1. The second-order valence-corrected chi connectivity index (χ2v) is 11.9. The van der Waals surface area contributed by atoms with E-state index >= 15 is 0 Å². The van der Waals surface area contributed by atoms with Crippen molar-refractivity contribution in [1.82, 2.24) is 0 Å². The Labute approximate surface area is 195 Å². The quantitative estimate of drug-likeness (QED) is 0.535. The predicted molar refractivity (Wildman–Crippen MR) is 122 cm³/mol. The summed E-state index contributed by atoms with van der Waals surface area (Å²) in [7, 11) is 0. The van der Waals surface area contributed by atoms with Crippen molar-refractivity contribution in [2.24, 2.45) is 11.8 Å². The monoisotopic (exact) mass is 453 g/mol. The molecule has 1 saturated heterocycles. The zero-order valence-corrected chi connectivity index (χ0v) is 19.4. The van der Waals surface area contributed by atoms with Gasteiger partial charge in [-0.15, -0.1) is 0 Å². The second kappa shape index (κ2) is 6.96. The van der Waals surface area contributed by atoms with E-state index in [4.69, 9.17) is 9.47 Å². The number of aromatic hydroxyl groups is 1. The van der Waals surface area contributed by atoms with Gasteiger partial charge in [-0.25, -0.2) is 0 Å². The Kier molecular flexibility index (Phi) is 4.37. The van der Waals surface area contributed by atoms with Gasteiger partial charge in [-0.3, -0.25) is 4.79 Å². The van der Waals surface area contributed by atoms with Crippen molar-refractivity contribution in [3.8, 4) is 11.5 Å². The number of nitrogens with zero attached hydrogens (tertiary/aromatic N) is 1. The third kappa shape index (κ3) is 2.69. The standard InChI is InChI=1S/C27H35NO5/c29-20-9-8-19-14-22-27(32-16-18-4-2-1-3-5-18)11-10-21(30)25-26(27,23(19)24(20)33-25)12-13-28(22,31)15-17-6-7-17/h8-9,17-18,22,25,29H,1-7,10-16H2/t22-,25?,26+,27?,28?/m1/s1. The molecule has 178 valence electrons. The van der Waals surface area contributed by atoms with Crippen LogP contribution in [0.4, 0.5) is 0 Å². The van der Waals surface area contributed by atoms with Crippen LogP contribution in [0.25, 0.3) is 0 Å².